The van der Waals surface area contributed by atoms with Crippen molar-refractivity contribution in [1.29, 1.82) is 0 Å². The van der Waals surface area contributed by atoms with Crippen molar-refractivity contribution in [1.82, 2.24) is 15.3 Å². The Morgan fingerprint density at radius 1 is 1.35 bits per heavy atom. The van der Waals surface area contributed by atoms with Crippen LogP contribution in [0.4, 0.5) is 5.82 Å². The fourth-order valence-electron chi connectivity index (χ4n) is 2.56. The van der Waals surface area contributed by atoms with Gasteiger partial charge in [-0.3, -0.25) is 0 Å². The molecule has 1 aliphatic heterocycles. The van der Waals surface area contributed by atoms with E-state index in [0.29, 0.717) is 0 Å². The second-order valence-corrected chi connectivity index (χ2v) is 6.73. The average Bonchev–Trinajstić information content (AvgIpc) is 2.48. The summed E-state index contributed by atoms with van der Waals surface area (Å²) >= 11 is 1.67. The summed E-state index contributed by atoms with van der Waals surface area (Å²) in [6.07, 6.45) is 6.24. The van der Waals surface area contributed by atoms with Gasteiger partial charge < -0.3 is 10.2 Å². The standard InChI is InChI=1S/C15H26N4S/c1-12(2)9-16-10-13-4-6-19(7-5-13)14-8-15(20-3)18-11-17-14/h8,11-13,16H,4-7,9-10H2,1-3H3. The van der Waals surface area contributed by atoms with E-state index in [9.17, 15) is 0 Å². The minimum Gasteiger partial charge on any atom is -0.356 e. The summed E-state index contributed by atoms with van der Waals surface area (Å²) in [5.74, 6) is 2.63. The van der Waals surface area contributed by atoms with Crippen molar-refractivity contribution in [2.75, 3.05) is 37.3 Å². The zero-order chi connectivity index (χ0) is 14.4. The summed E-state index contributed by atoms with van der Waals surface area (Å²) in [5, 5.41) is 4.63. The highest BCUT2D eigenvalue weighted by atomic mass is 32.2. The van der Waals surface area contributed by atoms with Gasteiger partial charge in [0.1, 0.15) is 17.2 Å². The van der Waals surface area contributed by atoms with Gasteiger partial charge in [-0.25, -0.2) is 9.97 Å². The molecule has 1 N–H and O–H groups in total. The lowest BCUT2D eigenvalue weighted by atomic mass is 9.96. The first-order valence-electron chi connectivity index (χ1n) is 7.50. The number of nitrogens with one attached hydrogen (secondary N) is 1. The van der Waals surface area contributed by atoms with Crippen LogP contribution in [0.1, 0.15) is 26.7 Å². The van der Waals surface area contributed by atoms with Crippen LogP contribution in [0.25, 0.3) is 0 Å². The summed E-state index contributed by atoms with van der Waals surface area (Å²) < 4.78 is 0. The molecule has 0 atom stereocenters. The van der Waals surface area contributed by atoms with Crippen LogP contribution < -0.4 is 10.2 Å². The fraction of sp³-hybridized carbons (Fsp3) is 0.733. The van der Waals surface area contributed by atoms with Crippen LogP contribution in [0.3, 0.4) is 0 Å². The molecule has 2 heterocycles. The molecule has 0 aromatic carbocycles. The van der Waals surface area contributed by atoms with Crippen molar-refractivity contribution in [2.45, 2.75) is 31.7 Å². The molecular formula is C15H26N4S. The second-order valence-electron chi connectivity index (χ2n) is 5.90. The van der Waals surface area contributed by atoms with Gasteiger partial charge in [-0.05, 0) is 44.0 Å². The summed E-state index contributed by atoms with van der Waals surface area (Å²) in [5.41, 5.74) is 0. The highest BCUT2D eigenvalue weighted by Crippen LogP contribution is 2.23. The molecule has 0 saturated carbocycles. The molecule has 0 bridgehead atoms. The molecule has 0 unspecified atom stereocenters. The summed E-state index contributed by atoms with van der Waals surface area (Å²) in [4.78, 5) is 11.0. The minimum atomic E-state index is 0.737. The second kappa shape index (κ2) is 7.84. The van der Waals surface area contributed by atoms with E-state index >= 15 is 0 Å². The van der Waals surface area contributed by atoms with E-state index in [-0.39, 0.29) is 0 Å². The van der Waals surface area contributed by atoms with Crippen molar-refractivity contribution < 1.29 is 0 Å². The van der Waals surface area contributed by atoms with Crippen molar-refractivity contribution in [3.63, 3.8) is 0 Å². The van der Waals surface area contributed by atoms with Crippen LogP contribution >= 0.6 is 11.8 Å². The number of thioether (sulfide) groups is 1. The molecule has 1 aromatic heterocycles. The monoisotopic (exact) mass is 294 g/mol. The maximum absolute atomic E-state index is 4.41. The highest BCUT2D eigenvalue weighted by molar-refractivity contribution is 7.98. The van der Waals surface area contributed by atoms with E-state index in [0.717, 1.165) is 48.9 Å². The molecule has 0 radical (unpaired) electrons. The first kappa shape index (κ1) is 15.6. The highest BCUT2D eigenvalue weighted by Gasteiger charge is 2.20. The summed E-state index contributed by atoms with van der Waals surface area (Å²) in [6.45, 7) is 9.02. The van der Waals surface area contributed by atoms with Gasteiger partial charge in [0, 0.05) is 19.2 Å². The maximum atomic E-state index is 4.41. The normalized spacial score (nSPS) is 16.9. The number of hydrogen-bond acceptors (Lipinski definition) is 5. The molecular weight excluding hydrogens is 268 g/mol. The van der Waals surface area contributed by atoms with Crippen LogP contribution in [0.2, 0.25) is 0 Å². The molecule has 5 heteroatoms. The third-order valence-electron chi connectivity index (χ3n) is 3.76. The van der Waals surface area contributed by atoms with E-state index in [1.807, 2.05) is 0 Å². The summed E-state index contributed by atoms with van der Waals surface area (Å²) in [6, 6.07) is 2.10. The van der Waals surface area contributed by atoms with E-state index in [1.165, 1.54) is 12.8 Å². The van der Waals surface area contributed by atoms with Gasteiger partial charge in [-0.15, -0.1) is 11.8 Å². The lowest BCUT2D eigenvalue weighted by Crippen LogP contribution is -2.38. The van der Waals surface area contributed by atoms with Crippen LogP contribution in [-0.4, -0.2) is 42.4 Å². The zero-order valence-electron chi connectivity index (χ0n) is 12.8. The maximum Gasteiger partial charge on any atom is 0.133 e. The Labute approximate surface area is 126 Å². The van der Waals surface area contributed by atoms with Crippen LogP contribution in [0, 0.1) is 11.8 Å². The van der Waals surface area contributed by atoms with Crippen LogP contribution in [0.5, 0.6) is 0 Å². The van der Waals surface area contributed by atoms with E-state index < -0.39 is 0 Å². The number of nitrogens with zero attached hydrogens (tertiary/aromatic N) is 3. The van der Waals surface area contributed by atoms with Gasteiger partial charge in [0.25, 0.3) is 0 Å². The number of hydrogen-bond donors (Lipinski definition) is 1. The van der Waals surface area contributed by atoms with E-state index in [4.69, 9.17) is 0 Å². The minimum absolute atomic E-state index is 0.737. The SMILES string of the molecule is CSc1cc(N2CCC(CNCC(C)C)CC2)ncn1. The quantitative estimate of drug-likeness (QED) is 0.645. The first-order chi connectivity index (χ1) is 9.69. The van der Waals surface area contributed by atoms with Gasteiger partial charge in [-0.2, -0.15) is 0 Å². The Morgan fingerprint density at radius 3 is 2.75 bits per heavy atom. The Morgan fingerprint density at radius 2 is 2.10 bits per heavy atom. The Kier molecular flexibility index (Phi) is 6.10. The molecule has 0 spiro atoms. The predicted octanol–water partition coefficient (Wildman–Crippen LogP) is 2.66. The number of rotatable bonds is 6. The Hall–Kier alpha value is -0.810. The number of anilines is 1. The van der Waals surface area contributed by atoms with Crippen molar-refractivity contribution in [3.05, 3.63) is 12.4 Å². The van der Waals surface area contributed by atoms with Gasteiger partial charge >= 0.3 is 0 Å². The Bertz CT molecular complexity index is 403. The smallest absolute Gasteiger partial charge is 0.133 e. The molecule has 20 heavy (non-hydrogen) atoms. The molecule has 1 aliphatic rings. The largest absolute Gasteiger partial charge is 0.356 e. The molecule has 1 aromatic rings. The average molecular weight is 294 g/mol. The molecule has 0 amide bonds. The molecule has 4 nitrogen and oxygen atoms in total. The lowest BCUT2D eigenvalue weighted by Gasteiger charge is -2.33. The third-order valence-corrected chi connectivity index (χ3v) is 4.40. The van der Waals surface area contributed by atoms with E-state index in [2.05, 4.69) is 46.4 Å². The van der Waals surface area contributed by atoms with Gasteiger partial charge in [0.05, 0.1) is 0 Å². The molecule has 1 fully saturated rings. The lowest BCUT2D eigenvalue weighted by molar-refractivity contribution is 0.373. The van der Waals surface area contributed by atoms with Gasteiger partial charge in [0.15, 0.2) is 0 Å². The van der Waals surface area contributed by atoms with Gasteiger partial charge in [-0.1, -0.05) is 13.8 Å². The zero-order valence-corrected chi connectivity index (χ0v) is 13.6. The molecule has 0 aliphatic carbocycles. The molecule has 2 rings (SSSR count). The summed E-state index contributed by atoms with van der Waals surface area (Å²) in [7, 11) is 0. The molecule has 112 valence electrons. The van der Waals surface area contributed by atoms with Crippen LogP contribution in [-0.2, 0) is 0 Å². The van der Waals surface area contributed by atoms with Crippen molar-refractivity contribution in [2.24, 2.45) is 11.8 Å². The van der Waals surface area contributed by atoms with Gasteiger partial charge in [0.2, 0.25) is 0 Å². The predicted molar refractivity (Wildman–Crippen MR) is 86.5 cm³/mol. The topological polar surface area (TPSA) is 41.0 Å². The van der Waals surface area contributed by atoms with Crippen molar-refractivity contribution in [3.8, 4) is 0 Å². The third kappa shape index (κ3) is 4.63. The van der Waals surface area contributed by atoms with E-state index in [1.54, 1.807) is 18.1 Å². The first-order valence-corrected chi connectivity index (χ1v) is 8.73. The number of aromatic nitrogens is 2. The van der Waals surface area contributed by atoms with Crippen LogP contribution in [0.15, 0.2) is 17.4 Å². The fourth-order valence-corrected chi connectivity index (χ4v) is 2.93. The number of piperidine rings is 1. The Balaban J connectivity index is 1.78. The van der Waals surface area contributed by atoms with Crippen molar-refractivity contribution >= 4 is 17.6 Å². The molecule has 1 saturated heterocycles.